The molecular weight excluding hydrogens is 164 g/mol. The summed E-state index contributed by atoms with van der Waals surface area (Å²) in [5.41, 5.74) is -0.456. The van der Waals surface area contributed by atoms with Gasteiger partial charge in [0.2, 0.25) is 0 Å². The number of hydrogen-bond donors (Lipinski definition) is 1. The van der Waals surface area contributed by atoms with E-state index >= 15 is 0 Å². The van der Waals surface area contributed by atoms with E-state index in [1.165, 1.54) is 6.07 Å². The third-order valence-electron chi connectivity index (χ3n) is 1.44. The maximum absolute atomic E-state index is 10.7. The average molecular weight is 170 g/mol. The molecule has 5 heteroatoms. The van der Waals surface area contributed by atoms with Crippen molar-refractivity contribution in [1.82, 2.24) is 9.55 Å². The minimum Gasteiger partial charge on any atom is -0.449 e. The average Bonchev–Trinajstić information content (AvgIpc) is 2.27. The van der Waals surface area contributed by atoms with Crippen molar-refractivity contribution in [3.63, 3.8) is 0 Å². The van der Waals surface area contributed by atoms with Crippen LogP contribution in [0.15, 0.2) is 17.1 Å². The second kappa shape index (κ2) is 2.27. The van der Waals surface area contributed by atoms with Crippen LogP contribution in [-0.4, -0.2) is 15.0 Å². The van der Waals surface area contributed by atoms with E-state index in [0.29, 0.717) is 12.6 Å². The van der Waals surface area contributed by atoms with Crippen LogP contribution in [0, 0.1) is 0 Å². The molecule has 2 heterocycles. The van der Waals surface area contributed by atoms with Gasteiger partial charge in [0.15, 0.2) is 5.44 Å². The van der Waals surface area contributed by atoms with E-state index in [-0.39, 0.29) is 11.0 Å². The van der Waals surface area contributed by atoms with Crippen LogP contribution in [-0.2, 0) is 6.54 Å². The predicted molar refractivity (Wildman–Crippen MR) is 41.9 cm³/mol. The molecule has 1 aliphatic heterocycles. The van der Waals surface area contributed by atoms with Gasteiger partial charge in [-0.1, -0.05) is 0 Å². The fraction of sp³-hybridized carbons (Fsp3) is 0.333. The van der Waals surface area contributed by atoms with E-state index in [4.69, 9.17) is 4.74 Å². The minimum atomic E-state index is -0.279. The van der Waals surface area contributed by atoms with E-state index < -0.39 is 0 Å². The van der Waals surface area contributed by atoms with Gasteiger partial charge in [0, 0.05) is 12.3 Å². The molecule has 0 saturated heterocycles. The van der Waals surface area contributed by atoms with E-state index in [1.807, 2.05) is 0 Å². The van der Waals surface area contributed by atoms with Gasteiger partial charge in [-0.05, 0) is 0 Å². The van der Waals surface area contributed by atoms with Crippen molar-refractivity contribution in [2.45, 2.75) is 12.0 Å². The Morgan fingerprint density at radius 2 is 2.64 bits per heavy atom. The lowest BCUT2D eigenvalue weighted by molar-refractivity contribution is 0.314. The molecule has 58 valence electrons. The number of fused-ring (bicyclic) bond motifs is 1. The Kier molecular flexibility index (Phi) is 1.38. The van der Waals surface area contributed by atoms with Crippen molar-refractivity contribution >= 4 is 12.6 Å². The lowest BCUT2D eigenvalue weighted by atomic mass is 10.6. The molecule has 1 aliphatic rings. The lowest BCUT2D eigenvalue weighted by Crippen LogP contribution is -2.07. The summed E-state index contributed by atoms with van der Waals surface area (Å²) in [5, 5.41) is 0. The first-order chi connectivity index (χ1) is 5.25. The predicted octanol–water partition coefficient (Wildman–Crippen LogP) is -0.108. The van der Waals surface area contributed by atoms with Crippen molar-refractivity contribution in [3.8, 4) is 6.01 Å². The highest BCUT2D eigenvalue weighted by Gasteiger charge is 2.18. The molecule has 0 radical (unpaired) electrons. The summed E-state index contributed by atoms with van der Waals surface area (Å²) in [7, 11) is 0. The first-order valence-electron chi connectivity index (χ1n) is 3.18. The lowest BCUT2D eigenvalue weighted by Gasteiger charge is -1.96. The topological polar surface area (TPSA) is 44.1 Å². The number of rotatable bonds is 0. The number of hydrogen-bond acceptors (Lipinski definition) is 4. The molecule has 0 fully saturated rings. The number of nitrogens with zero attached hydrogens (tertiary/aromatic N) is 2. The van der Waals surface area contributed by atoms with Crippen molar-refractivity contribution in [2.75, 3.05) is 0 Å². The summed E-state index contributed by atoms with van der Waals surface area (Å²) in [6.45, 7) is 0.645. The minimum absolute atomic E-state index is 0.177. The fourth-order valence-corrected chi connectivity index (χ4v) is 1.24. The summed E-state index contributed by atoms with van der Waals surface area (Å²) in [6, 6.07) is 1.76. The SMILES string of the molecule is O=c1ccn2c(n1)OC(S)C2. The Balaban J connectivity index is 2.51. The van der Waals surface area contributed by atoms with Crippen molar-refractivity contribution in [3.05, 3.63) is 22.6 Å². The van der Waals surface area contributed by atoms with Crippen LogP contribution in [0.2, 0.25) is 0 Å². The molecule has 1 aromatic rings. The first-order valence-corrected chi connectivity index (χ1v) is 3.69. The first kappa shape index (κ1) is 6.72. The third kappa shape index (κ3) is 1.11. The Morgan fingerprint density at radius 1 is 1.82 bits per heavy atom. The van der Waals surface area contributed by atoms with Crippen LogP contribution in [0.1, 0.15) is 0 Å². The van der Waals surface area contributed by atoms with Crippen LogP contribution in [0.5, 0.6) is 6.01 Å². The summed E-state index contributed by atoms with van der Waals surface area (Å²) in [5.74, 6) is 0. The fourth-order valence-electron chi connectivity index (χ4n) is 0.973. The monoisotopic (exact) mass is 170 g/mol. The standard InChI is InChI=1S/C6H6N2O2S/c9-4-1-2-8-3-5(11)10-6(8)7-4/h1-2,5,11H,3H2. The van der Waals surface area contributed by atoms with Gasteiger partial charge < -0.3 is 4.74 Å². The van der Waals surface area contributed by atoms with Gasteiger partial charge >= 0.3 is 6.01 Å². The summed E-state index contributed by atoms with van der Waals surface area (Å²) >= 11 is 4.09. The Labute approximate surface area is 68.2 Å². The van der Waals surface area contributed by atoms with E-state index in [9.17, 15) is 4.79 Å². The number of ether oxygens (including phenoxy) is 1. The Hall–Kier alpha value is -0.970. The molecule has 2 rings (SSSR count). The molecule has 0 N–H and O–H groups in total. The van der Waals surface area contributed by atoms with Gasteiger partial charge in [-0.3, -0.25) is 9.36 Å². The largest absolute Gasteiger partial charge is 0.449 e. The zero-order valence-corrected chi connectivity index (χ0v) is 6.49. The maximum Gasteiger partial charge on any atom is 0.301 e. The van der Waals surface area contributed by atoms with Gasteiger partial charge in [-0.2, -0.15) is 4.98 Å². The zero-order valence-electron chi connectivity index (χ0n) is 5.60. The normalized spacial score (nSPS) is 21.0. The molecule has 0 aliphatic carbocycles. The van der Waals surface area contributed by atoms with Gasteiger partial charge in [-0.15, -0.1) is 12.6 Å². The second-order valence-corrected chi connectivity index (χ2v) is 2.85. The molecule has 4 nitrogen and oxygen atoms in total. The van der Waals surface area contributed by atoms with E-state index in [2.05, 4.69) is 17.6 Å². The molecule has 0 spiro atoms. The van der Waals surface area contributed by atoms with E-state index in [0.717, 1.165) is 0 Å². The molecule has 1 unspecified atom stereocenters. The van der Waals surface area contributed by atoms with Gasteiger partial charge in [-0.25, -0.2) is 0 Å². The molecule has 0 bridgehead atoms. The Morgan fingerprint density at radius 3 is 3.45 bits per heavy atom. The number of thiol groups is 1. The Bertz CT molecular complexity index is 336. The third-order valence-corrected chi connectivity index (χ3v) is 1.71. The van der Waals surface area contributed by atoms with Gasteiger partial charge in [0.1, 0.15) is 0 Å². The summed E-state index contributed by atoms with van der Waals surface area (Å²) in [4.78, 5) is 14.3. The summed E-state index contributed by atoms with van der Waals surface area (Å²) in [6.07, 6.45) is 1.65. The van der Waals surface area contributed by atoms with Crippen LogP contribution >= 0.6 is 12.6 Å². The molecule has 11 heavy (non-hydrogen) atoms. The molecule has 0 amide bonds. The maximum atomic E-state index is 10.7. The van der Waals surface area contributed by atoms with Crippen LogP contribution in [0.25, 0.3) is 0 Å². The molecule has 1 atom stereocenters. The highest BCUT2D eigenvalue weighted by Crippen LogP contribution is 2.17. The van der Waals surface area contributed by atoms with Crippen molar-refractivity contribution in [2.24, 2.45) is 0 Å². The highest BCUT2D eigenvalue weighted by molar-refractivity contribution is 7.80. The van der Waals surface area contributed by atoms with Crippen LogP contribution in [0.3, 0.4) is 0 Å². The van der Waals surface area contributed by atoms with Crippen LogP contribution < -0.4 is 10.3 Å². The molecule has 0 aromatic carbocycles. The van der Waals surface area contributed by atoms with Crippen LogP contribution in [0.4, 0.5) is 0 Å². The molecular formula is C6H6N2O2S. The second-order valence-electron chi connectivity index (χ2n) is 2.27. The highest BCUT2D eigenvalue weighted by atomic mass is 32.1. The van der Waals surface area contributed by atoms with Gasteiger partial charge in [0.25, 0.3) is 5.56 Å². The smallest absolute Gasteiger partial charge is 0.301 e. The van der Waals surface area contributed by atoms with Crippen molar-refractivity contribution in [1.29, 1.82) is 0 Å². The molecule has 1 aromatic heterocycles. The van der Waals surface area contributed by atoms with E-state index in [1.54, 1.807) is 10.8 Å². The summed E-state index contributed by atoms with van der Waals surface area (Å²) < 4.78 is 6.85. The quantitative estimate of drug-likeness (QED) is 0.552. The molecule has 0 saturated carbocycles. The van der Waals surface area contributed by atoms with Gasteiger partial charge in [0.05, 0.1) is 6.54 Å². The van der Waals surface area contributed by atoms with Crippen molar-refractivity contribution < 1.29 is 4.74 Å². The zero-order chi connectivity index (χ0) is 7.84. The number of aromatic nitrogens is 2.